The van der Waals surface area contributed by atoms with Gasteiger partial charge in [-0.3, -0.25) is 0 Å². The van der Waals surface area contributed by atoms with Crippen LogP contribution in [0.1, 0.15) is 25.0 Å². The quantitative estimate of drug-likeness (QED) is 0.840. The average Bonchev–Trinajstić information content (AvgIpc) is 3.04. The topological polar surface area (TPSA) is 32.7 Å². The van der Waals surface area contributed by atoms with Gasteiger partial charge in [-0.15, -0.1) is 0 Å². The van der Waals surface area contributed by atoms with Gasteiger partial charge in [0, 0.05) is 18.7 Å². The van der Waals surface area contributed by atoms with Crippen LogP contribution in [0.4, 0.5) is 0 Å². The minimum absolute atomic E-state index is 0.486. The Bertz CT molecular complexity index is 394. The van der Waals surface area contributed by atoms with E-state index in [1.165, 1.54) is 6.42 Å². The Labute approximate surface area is 109 Å². The summed E-state index contributed by atoms with van der Waals surface area (Å²) < 4.78 is 5.28. The zero-order valence-electron chi connectivity index (χ0n) is 11.5. The van der Waals surface area contributed by atoms with Gasteiger partial charge in [-0.2, -0.15) is 0 Å². The van der Waals surface area contributed by atoms with Crippen LogP contribution in [0, 0.1) is 11.8 Å². The molecule has 1 aromatic rings. The number of hydrogen-bond acceptors (Lipinski definition) is 3. The van der Waals surface area contributed by atoms with Crippen LogP contribution in [0.2, 0.25) is 0 Å². The fourth-order valence-corrected chi connectivity index (χ4v) is 2.46. The summed E-state index contributed by atoms with van der Waals surface area (Å²) >= 11 is 0. The van der Waals surface area contributed by atoms with Crippen LogP contribution in [0.15, 0.2) is 24.3 Å². The minimum Gasteiger partial charge on any atom is -0.496 e. The largest absolute Gasteiger partial charge is 0.496 e. The first-order valence-electron chi connectivity index (χ1n) is 6.61. The summed E-state index contributed by atoms with van der Waals surface area (Å²) in [6.45, 7) is 4.02. The van der Waals surface area contributed by atoms with Crippen molar-refractivity contribution in [3.63, 3.8) is 0 Å². The van der Waals surface area contributed by atoms with E-state index in [2.05, 4.69) is 18.9 Å². The maximum Gasteiger partial charge on any atom is 0.124 e. The summed E-state index contributed by atoms with van der Waals surface area (Å²) in [4.78, 5) is 2.21. The van der Waals surface area contributed by atoms with Crippen molar-refractivity contribution in [2.75, 3.05) is 27.2 Å². The molecule has 1 saturated carbocycles. The van der Waals surface area contributed by atoms with Crippen molar-refractivity contribution in [1.82, 2.24) is 4.90 Å². The van der Waals surface area contributed by atoms with Gasteiger partial charge in [0.25, 0.3) is 0 Å². The summed E-state index contributed by atoms with van der Waals surface area (Å²) in [6, 6.07) is 7.67. The van der Waals surface area contributed by atoms with Crippen molar-refractivity contribution in [2.45, 2.75) is 19.4 Å². The Morgan fingerprint density at radius 2 is 2.11 bits per heavy atom. The van der Waals surface area contributed by atoms with Crippen molar-refractivity contribution < 1.29 is 9.84 Å². The van der Waals surface area contributed by atoms with Crippen LogP contribution in [-0.2, 0) is 0 Å². The molecule has 0 amide bonds. The highest BCUT2D eigenvalue weighted by Gasteiger charge is 2.33. The Balaban J connectivity index is 1.91. The molecule has 18 heavy (non-hydrogen) atoms. The normalized spacial score (nSPS) is 24.1. The maximum absolute atomic E-state index is 10.3. The van der Waals surface area contributed by atoms with Gasteiger partial charge in [-0.1, -0.05) is 25.1 Å². The number of aliphatic hydroxyl groups is 1. The molecule has 0 bridgehead atoms. The molecule has 1 aromatic carbocycles. The summed E-state index contributed by atoms with van der Waals surface area (Å²) in [5.74, 6) is 2.44. The Morgan fingerprint density at radius 3 is 2.72 bits per heavy atom. The third-order valence-corrected chi connectivity index (χ3v) is 3.80. The lowest BCUT2D eigenvalue weighted by Gasteiger charge is -2.22. The number of methoxy groups -OCH3 is 1. The molecule has 0 radical (unpaired) electrons. The molecular formula is C15H23NO2. The molecule has 1 N–H and O–H groups in total. The smallest absolute Gasteiger partial charge is 0.124 e. The molecule has 0 heterocycles. The summed E-state index contributed by atoms with van der Waals surface area (Å²) in [7, 11) is 3.71. The molecule has 3 nitrogen and oxygen atoms in total. The van der Waals surface area contributed by atoms with Crippen molar-refractivity contribution in [3.8, 4) is 5.75 Å². The lowest BCUT2D eigenvalue weighted by atomic mass is 10.1. The number of hydrogen-bond donors (Lipinski definition) is 1. The fourth-order valence-electron chi connectivity index (χ4n) is 2.46. The Morgan fingerprint density at radius 1 is 1.44 bits per heavy atom. The molecule has 1 aliphatic carbocycles. The van der Waals surface area contributed by atoms with Crippen molar-refractivity contribution in [3.05, 3.63) is 29.8 Å². The predicted molar refractivity (Wildman–Crippen MR) is 72.7 cm³/mol. The van der Waals surface area contributed by atoms with Gasteiger partial charge in [0.15, 0.2) is 0 Å². The van der Waals surface area contributed by atoms with Crippen LogP contribution in [0.25, 0.3) is 0 Å². The SMILES string of the molecule is COc1ccccc1C(O)CN(C)CC1CC1C. The lowest BCUT2D eigenvalue weighted by Crippen LogP contribution is -2.27. The van der Waals surface area contributed by atoms with E-state index < -0.39 is 6.10 Å². The van der Waals surface area contributed by atoms with Crippen molar-refractivity contribution >= 4 is 0 Å². The van der Waals surface area contributed by atoms with Crippen LogP contribution < -0.4 is 4.74 Å². The Hall–Kier alpha value is -1.06. The number of benzene rings is 1. The molecule has 3 unspecified atom stereocenters. The maximum atomic E-state index is 10.3. The summed E-state index contributed by atoms with van der Waals surface area (Å²) in [6.07, 6.45) is 0.843. The fraction of sp³-hybridized carbons (Fsp3) is 0.600. The number of rotatable bonds is 6. The minimum atomic E-state index is -0.486. The first kappa shape index (κ1) is 13.4. The zero-order chi connectivity index (χ0) is 13.1. The second-order valence-corrected chi connectivity index (χ2v) is 5.45. The lowest BCUT2D eigenvalue weighted by molar-refractivity contribution is 0.121. The van der Waals surface area contributed by atoms with Gasteiger partial charge >= 0.3 is 0 Å². The van der Waals surface area contributed by atoms with Crippen molar-refractivity contribution in [2.24, 2.45) is 11.8 Å². The van der Waals surface area contributed by atoms with E-state index in [9.17, 15) is 5.11 Å². The highest BCUT2D eigenvalue weighted by molar-refractivity contribution is 5.35. The molecule has 100 valence electrons. The highest BCUT2D eigenvalue weighted by Crippen LogP contribution is 2.38. The molecule has 1 aliphatic rings. The number of para-hydroxylation sites is 1. The molecule has 0 spiro atoms. The molecule has 0 aromatic heterocycles. The molecule has 3 heteroatoms. The van der Waals surface area contributed by atoms with Gasteiger partial charge in [0.05, 0.1) is 13.2 Å². The first-order valence-corrected chi connectivity index (χ1v) is 6.61. The zero-order valence-corrected chi connectivity index (χ0v) is 11.5. The van der Waals surface area contributed by atoms with E-state index in [1.54, 1.807) is 7.11 Å². The third-order valence-electron chi connectivity index (χ3n) is 3.80. The molecule has 2 rings (SSSR count). The number of nitrogens with zero attached hydrogens (tertiary/aromatic N) is 1. The molecule has 0 aliphatic heterocycles. The van der Waals surface area contributed by atoms with E-state index in [0.29, 0.717) is 6.54 Å². The monoisotopic (exact) mass is 249 g/mol. The summed E-state index contributed by atoms with van der Waals surface area (Å²) in [5, 5.41) is 10.3. The number of likely N-dealkylation sites (N-methyl/N-ethyl adjacent to an activating group) is 1. The standard InChI is InChI=1S/C15H23NO2/c1-11-8-12(11)9-16(2)10-14(17)13-6-4-5-7-15(13)18-3/h4-7,11-12,14,17H,8-10H2,1-3H3. The van der Waals surface area contributed by atoms with Crippen LogP contribution in [0.5, 0.6) is 5.75 Å². The van der Waals surface area contributed by atoms with Gasteiger partial charge in [0.2, 0.25) is 0 Å². The summed E-state index contributed by atoms with van der Waals surface area (Å²) in [5.41, 5.74) is 0.871. The van der Waals surface area contributed by atoms with Crippen LogP contribution in [-0.4, -0.2) is 37.3 Å². The van der Waals surface area contributed by atoms with E-state index in [4.69, 9.17) is 4.74 Å². The van der Waals surface area contributed by atoms with E-state index in [-0.39, 0.29) is 0 Å². The van der Waals surface area contributed by atoms with Crippen LogP contribution in [0.3, 0.4) is 0 Å². The molecule has 0 saturated heterocycles. The predicted octanol–water partition coefficient (Wildman–Crippen LogP) is 2.32. The van der Waals surface area contributed by atoms with Crippen molar-refractivity contribution in [1.29, 1.82) is 0 Å². The van der Waals surface area contributed by atoms with Gasteiger partial charge in [-0.25, -0.2) is 0 Å². The Kier molecular flexibility index (Phi) is 4.25. The average molecular weight is 249 g/mol. The molecule has 1 fully saturated rings. The van der Waals surface area contributed by atoms with E-state index >= 15 is 0 Å². The number of ether oxygens (including phenoxy) is 1. The molecular weight excluding hydrogens is 226 g/mol. The molecule has 3 atom stereocenters. The second kappa shape index (κ2) is 5.72. The highest BCUT2D eigenvalue weighted by atomic mass is 16.5. The van der Waals surface area contributed by atoms with Gasteiger partial charge in [-0.05, 0) is 31.4 Å². The second-order valence-electron chi connectivity index (χ2n) is 5.45. The van der Waals surface area contributed by atoms with E-state index in [0.717, 1.165) is 29.7 Å². The first-order chi connectivity index (χ1) is 8.61. The third kappa shape index (κ3) is 3.24. The van der Waals surface area contributed by atoms with Crippen LogP contribution >= 0.6 is 0 Å². The van der Waals surface area contributed by atoms with Gasteiger partial charge < -0.3 is 14.7 Å². The van der Waals surface area contributed by atoms with E-state index in [1.807, 2.05) is 24.3 Å². The van der Waals surface area contributed by atoms with Gasteiger partial charge in [0.1, 0.15) is 5.75 Å². The number of aliphatic hydroxyl groups excluding tert-OH is 1.